The van der Waals surface area contributed by atoms with Gasteiger partial charge in [0.2, 0.25) is 0 Å². The Bertz CT molecular complexity index is 626. The van der Waals surface area contributed by atoms with E-state index in [-0.39, 0.29) is 24.9 Å². The molecule has 7 nitrogen and oxygen atoms in total. The molecule has 0 aliphatic carbocycles. The zero-order valence-electron chi connectivity index (χ0n) is 17.6. The molecule has 7 heteroatoms. The molecular weight excluding hydrogens is 358 g/mol. The molecule has 1 aromatic carbocycles. The van der Waals surface area contributed by atoms with Crippen molar-refractivity contribution in [1.29, 1.82) is 0 Å². The Kier molecular flexibility index (Phi) is 8.73. The molecule has 0 aromatic heterocycles. The highest BCUT2D eigenvalue weighted by atomic mass is 16.7. The lowest BCUT2D eigenvalue weighted by Gasteiger charge is -2.42. The first kappa shape index (κ1) is 22.7. The molecule has 0 spiro atoms. The summed E-state index contributed by atoms with van der Waals surface area (Å²) in [5.74, 6) is 0.396. The number of nitrogens with zero attached hydrogens (tertiary/aromatic N) is 3. The minimum Gasteiger partial charge on any atom is -0.375 e. The van der Waals surface area contributed by atoms with Crippen LogP contribution < -0.4 is 0 Å². The molecule has 0 bridgehead atoms. The molecule has 1 aliphatic heterocycles. The topological polar surface area (TPSA) is 85.7 Å². The van der Waals surface area contributed by atoms with E-state index in [1.165, 1.54) is 0 Å². The van der Waals surface area contributed by atoms with Crippen LogP contribution in [0.3, 0.4) is 0 Å². The smallest absolute Gasteiger partial charge is 0.184 e. The van der Waals surface area contributed by atoms with Gasteiger partial charge in [-0.3, -0.25) is 0 Å². The second-order valence-corrected chi connectivity index (χ2v) is 8.52. The zero-order valence-corrected chi connectivity index (χ0v) is 17.6. The standard InChI is InChI=1S/C21H33N3O4/c1-15(2)13-25-17-11-18(26-14-16-9-7-6-8-10-16)20(28-21(3,4)5)27-19(17)12-23-24-22/h6-10,15,17-20H,11-14H2,1-5H3/t17-,18+,19+,20-/m1/s1. The van der Waals surface area contributed by atoms with Gasteiger partial charge in [0.05, 0.1) is 31.0 Å². The normalized spacial score (nSPS) is 25.5. The Hall–Kier alpha value is -1.63. The minimum absolute atomic E-state index is 0.203. The molecule has 1 aliphatic rings. The fourth-order valence-electron chi connectivity index (χ4n) is 2.98. The maximum atomic E-state index is 8.72. The van der Waals surface area contributed by atoms with Gasteiger partial charge in [-0.15, -0.1) is 0 Å². The molecular formula is C21H33N3O4. The van der Waals surface area contributed by atoms with Crippen LogP contribution in [-0.2, 0) is 25.6 Å². The van der Waals surface area contributed by atoms with E-state index < -0.39 is 11.9 Å². The van der Waals surface area contributed by atoms with Crippen LogP contribution in [-0.4, -0.2) is 43.4 Å². The summed E-state index contributed by atoms with van der Waals surface area (Å²) in [7, 11) is 0. The third-order valence-corrected chi connectivity index (χ3v) is 4.24. The van der Waals surface area contributed by atoms with Gasteiger partial charge in [-0.1, -0.05) is 49.3 Å². The van der Waals surface area contributed by atoms with Crippen LogP contribution in [0, 0.1) is 5.92 Å². The highest BCUT2D eigenvalue weighted by Gasteiger charge is 2.41. The molecule has 0 radical (unpaired) electrons. The van der Waals surface area contributed by atoms with Gasteiger partial charge in [0.1, 0.15) is 6.10 Å². The van der Waals surface area contributed by atoms with Gasteiger partial charge in [-0.25, -0.2) is 0 Å². The third-order valence-electron chi connectivity index (χ3n) is 4.24. The summed E-state index contributed by atoms with van der Waals surface area (Å²) in [5, 5.41) is 3.70. The summed E-state index contributed by atoms with van der Waals surface area (Å²) in [6, 6.07) is 10.0. The van der Waals surface area contributed by atoms with Crippen LogP contribution in [0.4, 0.5) is 0 Å². The van der Waals surface area contributed by atoms with Crippen molar-refractivity contribution in [3.05, 3.63) is 46.3 Å². The van der Waals surface area contributed by atoms with E-state index in [4.69, 9.17) is 24.5 Å². The van der Waals surface area contributed by atoms with Gasteiger partial charge in [0, 0.05) is 17.9 Å². The molecule has 1 fully saturated rings. The highest BCUT2D eigenvalue weighted by molar-refractivity contribution is 5.13. The van der Waals surface area contributed by atoms with Gasteiger partial charge in [0.15, 0.2) is 6.29 Å². The molecule has 4 atom stereocenters. The van der Waals surface area contributed by atoms with Crippen molar-refractivity contribution in [3.63, 3.8) is 0 Å². The lowest BCUT2D eigenvalue weighted by Crippen LogP contribution is -2.53. The monoisotopic (exact) mass is 391 g/mol. The molecule has 0 N–H and O–H groups in total. The first-order chi connectivity index (χ1) is 13.3. The van der Waals surface area contributed by atoms with E-state index >= 15 is 0 Å². The predicted octanol–water partition coefficient (Wildman–Crippen LogP) is 4.85. The van der Waals surface area contributed by atoms with Crippen LogP contribution in [0.2, 0.25) is 0 Å². The van der Waals surface area contributed by atoms with Crippen molar-refractivity contribution >= 4 is 0 Å². The van der Waals surface area contributed by atoms with Crippen molar-refractivity contribution in [2.24, 2.45) is 11.0 Å². The summed E-state index contributed by atoms with van der Waals surface area (Å²) in [6.45, 7) is 11.4. The first-order valence-corrected chi connectivity index (χ1v) is 9.89. The van der Waals surface area contributed by atoms with Crippen LogP contribution >= 0.6 is 0 Å². The van der Waals surface area contributed by atoms with Crippen molar-refractivity contribution in [3.8, 4) is 0 Å². The Morgan fingerprint density at radius 3 is 2.50 bits per heavy atom. The van der Waals surface area contributed by atoms with Gasteiger partial charge in [-0.2, -0.15) is 0 Å². The van der Waals surface area contributed by atoms with Gasteiger partial charge >= 0.3 is 0 Å². The number of ether oxygens (including phenoxy) is 4. The van der Waals surface area contributed by atoms with Gasteiger partial charge in [-0.05, 0) is 37.8 Å². The highest BCUT2D eigenvalue weighted by Crippen LogP contribution is 2.30. The average molecular weight is 392 g/mol. The molecule has 1 aromatic rings. The van der Waals surface area contributed by atoms with E-state index in [9.17, 15) is 0 Å². The lowest BCUT2D eigenvalue weighted by atomic mass is 10.0. The summed E-state index contributed by atoms with van der Waals surface area (Å²) in [6.07, 6.45) is -0.793. The largest absolute Gasteiger partial charge is 0.375 e. The average Bonchev–Trinajstić information content (AvgIpc) is 2.63. The summed E-state index contributed by atoms with van der Waals surface area (Å²) >= 11 is 0. The SMILES string of the molecule is CC(C)CO[C@@H]1C[C@H](OCc2ccccc2)[C@@H](OC(C)(C)C)O[C@H]1CN=[N+]=[N-]. The molecule has 1 heterocycles. The maximum Gasteiger partial charge on any atom is 0.184 e. The first-order valence-electron chi connectivity index (χ1n) is 9.89. The fraction of sp³-hybridized carbons (Fsp3) is 0.714. The Morgan fingerprint density at radius 1 is 1.18 bits per heavy atom. The Morgan fingerprint density at radius 2 is 1.89 bits per heavy atom. The Labute approximate surface area is 167 Å². The number of rotatable bonds is 9. The molecule has 156 valence electrons. The number of hydrogen-bond acceptors (Lipinski definition) is 5. The molecule has 2 rings (SSSR count). The van der Waals surface area contributed by atoms with Crippen LogP contribution in [0.15, 0.2) is 35.4 Å². The summed E-state index contributed by atoms with van der Waals surface area (Å²) in [4.78, 5) is 2.87. The van der Waals surface area contributed by atoms with Crippen molar-refractivity contribution in [2.75, 3.05) is 13.2 Å². The van der Waals surface area contributed by atoms with Crippen LogP contribution in [0.1, 0.15) is 46.6 Å². The van der Waals surface area contributed by atoms with Crippen molar-refractivity contribution < 1.29 is 18.9 Å². The van der Waals surface area contributed by atoms with Crippen molar-refractivity contribution in [2.45, 2.75) is 77.8 Å². The molecule has 0 amide bonds. The van der Waals surface area contributed by atoms with E-state index in [0.717, 1.165) is 5.56 Å². The minimum atomic E-state index is -0.554. The fourth-order valence-corrected chi connectivity index (χ4v) is 2.98. The quantitative estimate of drug-likeness (QED) is 0.342. The zero-order chi connectivity index (χ0) is 20.6. The third kappa shape index (κ3) is 7.78. The lowest BCUT2D eigenvalue weighted by molar-refractivity contribution is -0.303. The number of azide groups is 1. The second-order valence-electron chi connectivity index (χ2n) is 8.52. The Balaban J connectivity index is 2.12. The molecule has 28 heavy (non-hydrogen) atoms. The molecule has 0 unspecified atom stereocenters. The van der Waals surface area contributed by atoms with Crippen molar-refractivity contribution in [1.82, 2.24) is 0 Å². The van der Waals surface area contributed by atoms with Crippen LogP contribution in [0.25, 0.3) is 10.4 Å². The number of hydrogen-bond donors (Lipinski definition) is 0. The second kappa shape index (κ2) is 10.8. The van der Waals surface area contributed by atoms with E-state index in [1.807, 2.05) is 51.1 Å². The van der Waals surface area contributed by atoms with E-state index in [1.54, 1.807) is 0 Å². The van der Waals surface area contributed by atoms with Gasteiger partial charge < -0.3 is 18.9 Å². The van der Waals surface area contributed by atoms with E-state index in [2.05, 4.69) is 23.9 Å². The predicted molar refractivity (Wildman–Crippen MR) is 108 cm³/mol. The van der Waals surface area contributed by atoms with Gasteiger partial charge in [0.25, 0.3) is 0 Å². The van der Waals surface area contributed by atoms with E-state index in [0.29, 0.717) is 25.6 Å². The molecule has 1 saturated heterocycles. The molecule has 0 saturated carbocycles. The summed E-state index contributed by atoms with van der Waals surface area (Å²) < 4.78 is 24.6. The summed E-state index contributed by atoms with van der Waals surface area (Å²) in [5.41, 5.74) is 9.42. The maximum absolute atomic E-state index is 8.72. The number of benzene rings is 1. The van der Waals surface area contributed by atoms with Crippen LogP contribution in [0.5, 0.6) is 0 Å².